The lowest BCUT2D eigenvalue weighted by Crippen LogP contribution is -2.31. The second-order valence-electron chi connectivity index (χ2n) is 8.53. The standard InChI is InChI=1S/C25H26ClN3O4S/c1-15(2)27-23(31)17-8-9-20-21(12-17)28-25(29(24(20)32)13-19-7-4-10-33-19)34-14-22(30)16-5-3-6-18(26)11-16/h3,5-6,8-9,11-12,15,19H,4,7,10,13-14H2,1-2H3,(H,27,31)/t19-/m1/s1. The van der Waals surface area contributed by atoms with Gasteiger partial charge in [-0.3, -0.25) is 19.0 Å². The van der Waals surface area contributed by atoms with E-state index in [2.05, 4.69) is 5.32 Å². The van der Waals surface area contributed by atoms with E-state index >= 15 is 0 Å². The van der Waals surface area contributed by atoms with Gasteiger partial charge in [0.25, 0.3) is 11.5 Å². The Bertz CT molecular complexity index is 1280. The van der Waals surface area contributed by atoms with Gasteiger partial charge in [0.15, 0.2) is 10.9 Å². The minimum Gasteiger partial charge on any atom is -0.376 e. The van der Waals surface area contributed by atoms with Gasteiger partial charge in [-0.15, -0.1) is 0 Å². The Kier molecular flexibility index (Phi) is 7.70. The van der Waals surface area contributed by atoms with E-state index < -0.39 is 0 Å². The van der Waals surface area contributed by atoms with E-state index in [4.69, 9.17) is 21.3 Å². The van der Waals surface area contributed by atoms with Gasteiger partial charge < -0.3 is 10.1 Å². The number of Topliss-reactive ketones (excluding diaryl/α,β-unsaturated/α-hetero) is 1. The summed E-state index contributed by atoms with van der Waals surface area (Å²) in [5.41, 5.74) is 1.13. The molecule has 0 unspecified atom stereocenters. The zero-order valence-electron chi connectivity index (χ0n) is 19.0. The molecular weight excluding hydrogens is 474 g/mol. The Balaban J connectivity index is 1.69. The molecule has 1 aromatic heterocycles. The Morgan fingerprint density at radius 1 is 1.24 bits per heavy atom. The number of ether oxygens (including phenoxy) is 1. The maximum Gasteiger partial charge on any atom is 0.262 e. The Hall–Kier alpha value is -2.68. The molecule has 34 heavy (non-hydrogen) atoms. The quantitative estimate of drug-likeness (QED) is 0.281. The lowest BCUT2D eigenvalue weighted by Gasteiger charge is -2.17. The number of aromatic nitrogens is 2. The molecule has 0 spiro atoms. The van der Waals surface area contributed by atoms with Crippen molar-refractivity contribution in [1.29, 1.82) is 0 Å². The van der Waals surface area contributed by atoms with Crippen LogP contribution < -0.4 is 10.9 Å². The van der Waals surface area contributed by atoms with Crippen molar-refractivity contribution >= 4 is 46.0 Å². The fourth-order valence-electron chi connectivity index (χ4n) is 3.83. The minimum atomic E-state index is -0.229. The van der Waals surface area contributed by atoms with Crippen LogP contribution in [0.15, 0.2) is 52.4 Å². The van der Waals surface area contributed by atoms with Crippen molar-refractivity contribution in [2.24, 2.45) is 0 Å². The van der Waals surface area contributed by atoms with Crippen molar-refractivity contribution in [3.8, 4) is 0 Å². The van der Waals surface area contributed by atoms with E-state index in [-0.39, 0.29) is 35.1 Å². The van der Waals surface area contributed by atoms with Gasteiger partial charge in [0, 0.05) is 28.8 Å². The molecular formula is C25H26ClN3O4S. The summed E-state index contributed by atoms with van der Waals surface area (Å²) in [6, 6.07) is 11.6. The molecule has 1 aliphatic rings. The first-order valence-corrected chi connectivity index (χ1v) is 12.6. The summed E-state index contributed by atoms with van der Waals surface area (Å²) in [7, 11) is 0. The van der Waals surface area contributed by atoms with E-state index in [1.807, 2.05) is 13.8 Å². The molecule has 0 radical (unpaired) electrons. The second-order valence-corrected chi connectivity index (χ2v) is 9.91. The molecule has 1 aliphatic heterocycles. The van der Waals surface area contributed by atoms with Gasteiger partial charge >= 0.3 is 0 Å². The van der Waals surface area contributed by atoms with Gasteiger partial charge in [0.1, 0.15) is 0 Å². The van der Waals surface area contributed by atoms with Crippen LogP contribution in [-0.2, 0) is 11.3 Å². The number of carbonyl (C=O) groups excluding carboxylic acids is 2. The number of fused-ring (bicyclic) bond motifs is 1. The van der Waals surface area contributed by atoms with Gasteiger partial charge in [-0.2, -0.15) is 0 Å². The van der Waals surface area contributed by atoms with Crippen molar-refractivity contribution in [3.63, 3.8) is 0 Å². The highest BCUT2D eigenvalue weighted by Crippen LogP contribution is 2.23. The average molecular weight is 500 g/mol. The Morgan fingerprint density at radius 3 is 2.76 bits per heavy atom. The number of amides is 1. The summed E-state index contributed by atoms with van der Waals surface area (Å²) in [5.74, 6) is -0.250. The van der Waals surface area contributed by atoms with E-state index in [0.717, 1.165) is 12.8 Å². The van der Waals surface area contributed by atoms with Gasteiger partial charge in [0.2, 0.25) is 0 Å². The molecule has 178 valence electrons. The molecule has 1 saturated heterocycles. The minimum absolute atomic E-state index is 0.0146. The molecule has 3 aromatic rings. The number of rotatable bonds is 8. The van der Waals surface area contributed by atoms with Crippen LogP contribution in [0.5, 0.6) is 0 Å². The number of benzene rings is 2. The third-order valence-corrected chi connectivity index (χ3v) is 6.70. The fourth-order valence-corrected chi connectivity index (χ4v) is 4.92. The normalized spacial score (nSPS) is 15.7. The highest BCUT2D eigenvalue weighted by molar-refractivity contribution is 7.99. The van der Waals surface area contributed by atoms with E-state index in [9.17, 15) is 14.4 Å². The molecule has 0 aliphatic carbocycles. The molecule has 1 N–H and O–H groups in total. The van der Waals surface area contributed by atoms with Gasteiger partial charge in [-0.25, -0.2) is 4.98 Å². The third-order valence-electron chi connectivity index (χ3n) is 5.49. The van der Waals surface area contributed by atoms with Crippen molar-refractivity contribution < 1.29 is 14.3 Å². The number of nitrogens with zero attached hydrogens (tertiary/aromatic N) is 2. The van der Waals surface area contributed by atoms with Gasteiger partial charge in [-0.1, -0.05) is 35.5 Å². The molecule has 0 saturated carbocycles. The van der Waals surface area contributed by atoms with Crippen LogP contribution in [0.25, 0.3) is 10.9 Å². The van der Waals surface area contributed by atoms with Crippen LogP contribution >= 0.6 is 23.4 Å². The number of carbonyl (C=O) groups is 2. The number of thioether (sulfide) groups is 1. The first-order valence-electron chi connectivity index (χ1n) is 11.2. The van der Waals surface area contributed by atoms with Crippen LogP contribution in [0.1, 0.15) is 47.4 Å². The largest absolute Gasteiger partial charge is 0.376 e. The van der Waals surface area contributed by atoms with Crippen LogP contribution in [0, 0.1) is 0 Å². The number of halogens is 1. The molecule has 4 rings (SSSR count). The summed E-state index contributed by atoms with van der Waals surface area (Å²) in [5, 5.41) is 4.18. The maximum atomic E-state index is 13.4. The molecule has 1 atom stereocenters. The molecule has 7 nitrogen and oxygen atoms in total. The molecule has 9 heteroatoms. The van der Waals surface area contributed by atoms with Crippen LogP contribution in [0.4, 0.5) is 0 Å². The first kappa shape index (κ1) is 24.4. The number of nitrogens with one attached hydrogen (secondary N) is 1. The monoisotopic (exact) mass is 499 g/mol. The summed E-state index contributed by atoms with van der Waals surface area (Å²) in [4.78, 5) is 43.3. The smallest absolute Gasteiger partial charge is 0.262 e. The molecule has 1 amide bonds. The molecule has 1 fully saturated rings. The number of ketones is 1. The maximum absolute atomic E-state index is 13.4. The zero-order chi connectivity index (χ0) is 24.2. The third kappa shape index (κ3) is 5.68. The molecule has 2 aromatic carbocycles. The highest BCUT2D eigenvalue weighted by atomic mass is 35.5. The summed E-state index contributed by atoms with van der Waals surface area (Å²) >= 11 is 7.22. The average Bonchev–Trinajstić information content (AvgIpc) is 3.32. The van der Waals surface area contributed by atoms with Gasteiger partial charge in [-0.05, 0) is 57.0 Å². The van der Waals surface area contributed by atoms with Crippen molar-refractivity contribution in [2.45, 2.75) is 50.5 Å². The second kappa shape index (κ2) is 10.7. The zero-order valence-corrected chi connectivity index (χ0v) is 20.6. The highest BCUT2D eigenvalue weighted by Gasteiger charge is 2.21. The molecule has 0 bridgehead atoms. The van der Waals surface area contributed by atoms with Crippen LogP contribution in [0.2, 0.25) is 5.02 Å². The van der Waals surface area contributed by atoms with E-state index in [1.165, 1.54) is 11.8 Å². The van der Waals surface area contributed by atoms with Crippen LogP contribution in [0.3, 0.4) is 0 Å². The van der Waals surface area contributed by atoms with Crippen molar-refractivity contribution in [3.05, 3.63) is 69.0 Å². The summed E-state index contributed by atoms with van der Waals surface area (Å²) in [6.07, 6.45) is 1.74. The fraction of sp³-hybridized carbons (Fsp3) is 0.360. The van der Waals surface area contributed by atoms with Gasteiger partial charge in [0.05, 0.1) is 29.3 Å². The summed E-state index contributed by atoms with van der Waals surface area (Å²) in [6.45, 7) is 4.80. The summed E-state index contributed by atoms with van der Waals surface area (Å²) < 4.78 is 7.33. The van der Waals surface area contributed by atoms with Crippen LogP contribution in [-0.4, -0.2) is 45.7 Å². The predicted molar refractivity (Wildman–Crippen MR) is 134 cm³/mol. The van der Waals surface area contributed by atoms with Crippen molar-refractivity contribution in [2.75, 3.05) is 12.4 Å². The van der Waals surface area contributed by atoms with E-state index in [0.29, 0.717) is 45.4 Å². The lowest BCUT2D eigenvalue weighted by molar-refractivity contribution is 0.0936. The molecule has 2 heterocycles. The topological polar surface area (TPSA) is 90.3 Å². The SMILES string of the molecule is CC(C)NC(=O)c1ccc2c(=O)n(C[C@H]3CCCO3)c(SCC(=O)c3cccc(Cl)c3)nc2c1. The van der Waals surface area contributed by atoms with Crippen molar-refractivity contribution in [1.82, 2.24) is 14.9 Å². The Labute approximate surface area is 206 Å². The first-order chi connectivity index (χ1) is 16.3. The number of hydrogen-bond donors (Lipinski definition) is 1. The predicted octanol–water partition coefficient (Wildman–Crippen LogP) is 4.34. The Morgan fingerprint density at radius 2 is 2.06 bits per heavy atom. The van der Waals surface area contributed by atoms with E-state index in [1.54, 1.807) is 47.0 Å². The number of hydrogen-bond acceptors (Lipinski definition) is 6. The lowest BCUT2D eigenvalue weighted by atomic mass is 10.1.